The number of amides is 3. The van der Waals surface area contributed by atoms with Crippen molar-refractivity contribution in [3.05, 3.63) is 102 Å². The summed E-state index contributed by atoms with van der Waals surface area (Å²) in [5.74, 6) is -0.762. The number of halogens is 1. The van der Waals surface area contributed by atoms with Crippen LogP contribution in [-0.4, -0.2) is 16.8 Å². The van der Waals surface area contributed by atoms with E-state index in [0.717, 1.165) is 21.6 Å². The zero-order chi connectivity index (χ0) is 19.5. The van der Waals surface area contributed by atoms with Crippen molar-refractivity contribution in [2.75, 3.05) is 0 Å². The molecule has 28 heavy (non-hydrogen) atoms. The molecule has 1 aliphatic heterocycles. The van der Waals surface area contributed by atoms with E-state index in [4.69, 9.17) is 0 Å². The number of hydrogen-bond donors (Lipinski definition) is 1. The minimum absolute atomic E-state index is 0.0925. The Morgan fingerprint density at radius 1 is 0.821 bits per heavy atom. The van der Waals surface area contributed by atoms with E-state index in [9.17, 15) is 14.0 Å². The summed E-state index contributed by atoms with van der Waals surface area (Å²) in [4.78, 5) is 25.9. The van der Waals surface area contributed by atoms with E-state index >= 15 is 0 Å². The Kier molecular flexibility index (Phi) is 4.72. The third-order valence-corrected chi connectivity index (χ3v) is 4.55. The molecule has 1 saturated heterocycles. The number of urea groups is 1. The SMILES string of the molecule is O=C1N/C(=C/c2ccc(-c3ccccc3)cc2)C(=O)N1Cc1ccc(F)cc1. The Balaban J connectivity index is 1.51. The largest absolute Gasteiger partial charge is 0.329 e. The van der Waals surface area contributed by atoms with E-state index in [-0.39, 0.29) is 18.1 Å². The number of hydrogen-bond acceptors (Lipinski definition) is 2. The number of carbonyl (C=O) groups is 2. The molecule has 5 heteroatoms. The molecular weight excluding hydrogens is 355 g/mol. The maximum absolute atomic E-state index is 13.0. The highest BCUT2D eigenvalue weighted by Gasteiger charge is 2.33. The first-order valence-corrected chi connectivity index (χ1v) is 8.84. The second-order valence-corrected chi connectivity index (χ2v) is 6.49. The van der Waals surface area contributed by atoms with Gasteiger partial charge in [-0.15, -0.1) is 0 Å². The molecule has 3 aromatic carbocycles. The quantitative estimate of drug-likeness (QED) is 0.538. The van der Waals surface area contributed by atoms with Crippen LogP contribution in [0.15, 0.2) is 84.6 Å². The van der Waals surface area contributed by atoms with Gasteiger partial charge in [0.05, 0.1) is 6.54 Å². The van der Waals surface area contributed by atoms with Crippen LogP contribution in [-0.2, 0) is 11.3 Å². The van der Waals surface area contributed by atoms with E-state index < -0.39 is 11.9 Å². The number of imide groups is 1. The molecule has 1 fully saturated rings. The van der Waals surface area contributed by atoms with Crippen molar-refractivity contribution in [3.63, 3.8) is 0 Å². The summed E-state index contributed by atoms with van der Waals surface area (Å²) < 4.78 is 13.0. The van der Waals surface area contributed by atoms with Crippen molar-refractivity contribution in [2.45, 2.75) is 6.54 Å². The first kappa shape index (κ1) is 17.7. The summed E-state index contributed by atoms with van der Waals surface area (Å²) in [5.41, 5.74) is 3.89. The summed E-state index contributed by atoms with van der Waals surface area (Å²) in [7, 11) is 0. The van der Waals surface area contributed by atoms with Crippen molar-refractivity contribution < 1.29 is 14.0 Å². The smallest absolute Gasteiger partial charge is 0.303 e. The Morgan fingerprint density at radius 3 is 2.14 bits per heavy atom. The molecule has 0 aliphatic carbocycles. The van der Waals surface area contributed by atoms with Gasteiger partial charge >= 0.3 is 6.03 Å². The van der Waals surface area contributed by atoms with Gasteiger partial charge in [0.25, 0.3) is 5.91 Å². The lowest BCUT2D eigenvalue weighted by atomic mass is 10.0. The number of nitrogens with zero attached hydrogens (tertiary/aromatic N) is 1. The van der Waals surface area contributed by atoms with Gasteiger partial charge in [-0.3, -0.25) is 9.69 Å². The van der Waals surface area contributed by atoms with E-state index in [2.05, 4.69) is 5.32 Å². The van der Waals surface area contributed by atoms with Crippen molar-refractivity contribution in [1.82, 2.24) is 10.2 Å². The van der Waals surface area contributed by atoms with Gasteiger partial charge in [0, 0.05) is 0 Å². The highest BCUT2D eigenvalue weighted by molar-refractivity contribution is 6.13. The molecule has 0 bridgehead atoms. The lowest BCUT2D eigenvalue weighted by Crippen LogP contribution is -2.30. The van der Waals surface area contributed by atoms with Crippen LogP contribution in [0.25, 0.3) is 17.2 Å². The molecule has 1 N–H and O–H groups in total. The molecule has 0 spiro atoms. The molecule has 4 nitrogen and oxygen atoms in total. The minimum atomic E-state index is -0.485. The predicted octanol–water partition coefficient (Wildman–Crippen LogP) is 4.59. The fourth-order valence-corrected chi connectivity index (χ4v) is 3.06. The maximum Gasteiger partial charge on any atom is 0.329 e. The van der Waals surface area contributed by atoms with Crippen molar-refractivity contribution >= 4 is 18.0 Å². The average molecular weight is 372 g/mol. The first-order chi connectivity index (χ1) is 13.6. The Morgan fingerprint density at radius 2 is 1.46 bits per heavy atom. The lowest BCUT2D eigenvalue weighted by Gasteiger charge is -2.11. The standard InChI is InChI=1S/C23H17FN2O2/c24-20-12-8-17(9-13-20)15-26-22(27)21(25-23(26)28)14-16-6-10-19(11-7-16)18-4-2-1-3-5-18/h1-14H,15H2,(H,25,28)/b21-14+. The summed E-state index contributed by atoms with van der Waals surface area (Å²) in [6.07, 6.45) is 1.65. The van der Waals surface area contributed by atoms with E-state index in [1.807, 2.05) is 54.6 Å². The third kappa shape index (κ3) is 3.69. The van der Waals surface area contributed by atoms with Crippen molar-refractivity contribution in [2.24, 2.45) is 0 Å². The molecule has 1 aliphatic rings. The average Bonchev–Trinajstić information content (AvgIpc) is 2.98. The molecule has 0 atom stereocenters. The van der Waals surface area contributed by atoms with Crippen molar-refractivity contribution in [3.8, 4) is 11.1 Å². The minimum Gasteiger partial charge on any atom is -0.303 e. The van der Waals surface area contributed by atoms with Crippen molar-refractivity contribution in [1.29, 1.82) is 0 Å². The second kappa shape index (κ2) is 7.48. The molecule has 1 heterocycles. The van der Waals surface area contributed by atoms with Gasteiger partial charge in [0.15, 0.2) is 0 Å². The molecule has 0 radical (unpaired) electrons. The summed E-state index contributed by atoms with van der Waals surface area (Å²) in [6.45, 7) is 0.0925. The zero-order valence-electron chi connectivity index (χ0n) is 14.9. The number of nitrogens with one attached hydrogen (secondary N) is 1. The van der Waals surface area contributed by atoms with Crippen LogP contribution in [0.4, 0.5) is 9.18 Å². The van der Waals surface area contributed by atoms with Crippen LogP contribution in [0.5, 0.6) is 0 Å². The molecule has 3 aromatic rings. The molecular formula is C23H17FN2O2. The summed E-state index contributed by atoms with van der Waals surface area (Å²) in [6, 6.07) is 23.0. The van der Waals surface area contributed by atoms with Crippen LogP contribution in [0.3, 0.4) is 0 Å². The number of carbonyl (C=O) groups excluding carboxylic acids is 2. The normalized spacial score (nSPS) is 15.2. The second-order valence-electron chi connectivity index (χ2n) is 6.49. The molecule has 138 valence electrons. The van der Waals surface area contributed by atoms with Gasteiger partial charge in [-0.2, -0.15) is 0 Å². The number of rotatable bonds is 4. The molecule has 4 rings (SSSR count). The van der Waals surface area contributed by atoms with Crippen LogP contribution >= 0.6 is 0 Å². The molecule has 0 saturated carbocycles. The highest BCUT2D eigenvalue weighted by Crippen LogP contribution is 2.21. The monoisotopic (exact) mass is 372 g/mol. The fourth-order valence-electron chi connectivity index (χ4n) is 3.06. The summed E-state index contributed by atoms with van der Waals surface area (Å²) >= 11 is 0. The Labute approximate surface area is 161 Å². The van der Waals surface area contributed by atoms with Gasteiger partial charge in [-0.25, -0.2) is 9.18 Å². The van der Waals surface area contributed by atoms with Gasteiger partial charge in [0.2, 0.25) is 0 Å². The van der Waals surface area contributed by atoms with Gasteiger partial charge < -0.3 is 5.32 Å². The molecule has 0 aromatic heterocycles. The summed E-state index contributed by atoms with van der Waals surface area (Å²) in [5, 5.41) is 2.60. The van der Waals surface area contributed by atoms with Gasteiger partial charge in [0.1, 0.15) is 11.5 Å². The van der Waals surface area contributed by atoms with E-state index in [0.29, 0.717) is 5.56 Å². The molecule has 0 unspecified atom stereocenters. The fraction of sp³-hybridized carbons (Fsp3) is 0.0435. The zero-order valence-corrected chi connectivity index (χ0v) is 14.9. The molecule has 3 amide bonds. The highest BCUT2D eigenvalue weighted by atomic mass is 19.1. The third-order valence-electron chi connectivity index (χ3n) is 4.55. The topological polar surface area (TPSA) is 49.4 Å². The number of benzene rings is 3. The van der Waals surface area contributed by atoms with Gasteiger partial charge in [-0.1, -0.05) is 66.7 Å². The van der Waals surface area contributed by atoms with Crippen LogP contribution in [0.2, 0.25) is 0 Å². The van der Waals surface area contributed by atoms with E-state index in [1.165, 1.54) is 12.1 Å². The van der Waals surface area contributed by atoms with E-state index in [1.54, 1.807) is 18.2 Å². The Hall–Kier alpha value is -3.73. The lowest BCUT2D eigenvalue weighted by molar-refractivity contribution is -0.123. The predicted molar refractivity (Wildman–Crippen MR) is 105 cm³/mol. The first-order valence-electron chi connectivity index (χ1n) is 8.84. The maximum atomic E-state index is 13.0. The Bertz CT molecular complexity index is 1040. The van der Waals surface area contributed by atoms with Gasteiger partial charge in [-0.05, 0) is 40.5 Å². The van der Waals surface area contributed by atoms with Crippen LogP contribution in [0.1, 0.15) is 11.1 Å². The van der Waals surface area contributed by atoms with Crippen LogP contribution in [0, 0.1) is 5.82 Å². The van der Waals surface area contributed by atoms with Crippen LogP contribution < -0.4 is 5.32 Å².